The van der Waals surface area contributed by atoms with Crippen molar-refractivity contribution in [3.8, 4) is 0 Å². The summed E-state index contributed by atoms with van der Waals surface area (Å²) in [5.74, 6) is 0. The van der Waals surface area contributed by atoms with Crippen LogP contribution in [0.2, 0.25) is 0 Å². The molecule has 2 aliphatic heterocycles. The first-order valence-corrected chi connectivity index (χ1v) is 9.72. The Morgan fingerprint density at radius 1 is 0.812 bits per heavy atom. The van der Waals surface area contributed by atoms with Crippen LogP contribution in [0.5, 0.6) is 0 Å². The van der Waals surface area contributed by atoms with Gasteiger partial charge in [0.1, 0.15) is 24.4 Å². The average molecular weight is 448 g/mol. The maximum atomic E-state index is 11.1. The molecule has 2 saturated heterocycles. The lowest BCUT2D eigenvalue weighted by Gasteiger charge is -2.42. The van der Waals surface area contributed by atoms with E-state index < -0.39 is 46.8 Å². The molecule has 0 bridgehead atoms. The van der Waals surface area contributed by atoms with Gasteiger partial charge in [-0.25, -0.2) is 0 Å². The van der Waals surface area contributed by atoms with E-state index >= 15 is 0 Å². The largest absolute Gasteiger partial charge is 0.388 e. The summed E-state index contributed by atoms with van der Waals surface area (Å²) in [6.45, 7) is -0.403. The number of ether oxygens (including phenoxy) is 4. The fraction of sp³-hybridized carbons (Fsp3) is 0.400. The maximum Gasteiger partial charge on any atom is 0.269 e. The first-order valence-electron chi connectivity index (χ1n) is 9.72. The summed E-state index contributed by atoms with van der Waals surface area (Å²) in [6, 6.07) is 11.4. The van der Waals surface area contributed by atoms with Crippen molar-refractivity contribution in [2.75, 3.05) is 13.2 Å². The fourth-order valence-electron chi connectivity index (χ4n) is 3.58. The van der Waals surface area contributed by atoms with Gasteiger partial charge in [0, 0.05) is 35.4 Å². The molecule has 2 unspecified atom stereocenters. The number of rotatable bonds is 4. The maximum absolute atomic E-state index is 11.1. The minimum Gasteiger partial charge on any atom is -0.388 e. The van der Waals surface area contributed by atoms with Crippen LogP contribution in [0.15, 0.2) is 48.5 Å². The van der Waals surface area contributed by atoms with Crippen LogP contribution in [0.3, 0.4) is 0 Å². The van der Waals surface area contributed by atoms with Crippen LogP contribution in [0.4, 0.5) is 11.4 Å². The molecule has 4 rings (SSSR count). The zero-order valence-electron chi connectivity index (χ0n) is 16.6. The lowest BCUT2D eigenvalue weighted by Crippen LogP contribution is -2.55. The number of non-ortho nitro benzene ring substituents is 2. The summed E-state index contributed by atoms with van der Waals surface area (Å²) in [5, 5.41) is 43.1. The highest BCUT2D eigenvalue weighted by Gasteiger charge is 2.44. The van der Waals surface area contributed by atoms with Crippen molar-refractivity contribution in [3.05, 3.63) is 79.9 Å². The topological polar surface area (TPSA) is 164 Å². The number of fused-ring (bicyclic) bond motifs is 1. The van der Waals surface area contributed by atoms with Crippen molar-refractivity contribution in [1.82, 2.24) is 0 Å². The van der Waals surface area contributed by atoms with E-state index in [-0.39, 0.29) is 24.6 Å². The molecule has 2 aromatic rings. The zero-order chi connectivity index (χ0) is 22.8. The molecule has 2 aromatic carbocycles. The third-order valence-electron chi connectivity index (χ3n) is 5.21. The molecule has 170 valence electrons. The van der Waals surface area contributed by atoms with E-state index in [0.717, 1.165) is 0 Å². The summed E-state index contributed by atoms with van der Waals surface area (Å²) in [5.41, 5.74) is 0.413. The minimum absolute atomic E-state index is 0.0867. The molecule has 2 fully saturated rings. The van der Waals surface area contributed by atoms with Gasteiger partial charge in [-0.1, -0.05) is 24.3 Å². The number of hydrogen-bond donors (Lipinski definition) is 2. The molecule has 0 aliphatic carbocycles. The number of nitrogens with zero attached hydrogens (tertiary/aromatic N) is 2. The smallest absolute Gasteiger partial charge is 0.269 e. The van der Waals surface area contributed by atoms with Crippen LogP contribution in [-0.4, -0.2) is 57.7 Å². The van der Waals surface area contributed by atoms with E-state index in [1.165, 1.54) is 36.4 Å². The summed E-state index contributed by atoms with van der Waals surface area (Å²) in [7, 11) is 0. The Labute approximate surface area is 181 Å². The minimum atomic E-state index is -1.39. The van der Waals surface area contributed by atoms with Crippen LogP contribution >= 0.6 is 0 Å². The number of hydrogen-bond acceptors (Lipinski definition) is 10. The standard InChI is InChI=1S/C20H20N2O10/c23-15-9-29-19(11-3-1-5-13(7-11)21(25)26)31-16-10-30-20(32-18(16)17(15)24)12-4-2-6-14(8-12)22(27)28/h1-8,15-20,23-24H,9-10H2/t15-,16+,17-,18-,19?,20?/m1/s1. The summed E-state index contributed by atoms with van der Waals surface area (Å²) in [6.07, 6.45) is -6.77. The SMILES string of the molecule is O=[N+]([O-])c1cccc(C2OC[C@@H]3OC(c4cccc([N+](=O)[O-])c4)OC[C@@H](O)[C@@H](O)[C@@H]3O2)c1. The van der Waals surface area contributed by atoms with Gasteiger partial charge in [-0.15, -0.1) is 0 Å². The summed E-state index contributed by atoms with van der Waals surface area (Å²) < 4.78 is 23.0. The molecule has 0 amide bonds. The second kappa shape index (κ2) is 9.24. The Kier molecular flexibility index (Phi) is 6.41. The van der Waals surface area contributed by atoms with Crippen molar-refractivity contribution in [3.63, 3.8) is 0 Å². The Balaban J connectivity index is 1.57. The molecular weight excluding hydrogens is 428 g/mol. The molecule has 12 heteroatoms. The molecule has 32 heavy (non-hydrogen) atoms. The highest BCUT2D eigenvalue weighted by atomic mass is 16.7. The lowest BCUT2D eigenvalue weighted by molar-refractivity contribution is -0.385. The monoisotopic (exact) mass is 448 g/mol. The van der Waals surface area contributed by atoms with Gasteiger partial charge in [-0.2, -0.15) is 0 Å². The predicted molar refractivity (Wildman–Crippen MR) is 105 cm³/mol. The average Bonchev–Trinajstić information content (AvgIpc) is 2.80. The number of aliphatic hydroxyl groups is 2. The fourth-order valence-corrected chi connectivity index (χ4v) is 3.58. The van der Waals surface area contributed by atoms with Gasteiger partial charge in [-0.3, -0.25) is 20.2 Å². The highest BCUT2D eigenvalue weighted by Crippen LogP contribution is 2.35. The molecule has 0 aromatic heterocycles. The quantitative estimate of drug-likeness (QED) is 0.520. The van der Waals surface area contributed by atoms with E-state index in [0.29, 0.717) is 11.1 Å². The van der Waals surface area contributed by atoms with Gasteiger partial charge in [0.2, 0.25) is 0 Å². The van der Waals surface area contributed by atoms with Crippen molar-refractivity contribution in [2.24, 2.45) is 0 Å². The number of nitro benzene ring substituents is 2. The van der Waals surface area contributed by atoms with Gasteiger partial charge in [0.05, 0.1) is 23.1 Å². The number of benzene rings is 2. The Morgan fingerprint density at radius 2 is 1.34 bits per heavy atom. The summed E-state index contributed by atoms with van der Waals surface area (Å²) in [4.78, 5) is 21.0. The Bertz CT molecular complexity index is 1000. The molecule has 6 atom stereocenters. The van der Waals surface area contributed by atoms with Crippen LogP contribution in [0.25, 0.3) is 0 Å². The van der Waals surface area contributed by atoms with E-state index in [4.69, 9.17) is 18.9 Å². The molecule has 2 heterocycles. The van der Waals surface area contributed by atoms with E-state index in [1.54, 1.807) is 12.1 Å². The normalized spacial score (nSPS) is 30.6. The van der Waals surface area contributed by atoms with Crippen LogP contribution in [0, 0.1) is 20.2 Å². The van der Waals surface area contributed by atoms with E-state index in [2.05, 4.69) is 0 Å². The molecule has 12 nitrogen and oxygen atoms in total. The second-order valence-corrected chi connectivity index (χ2v) is 7.37. The van der Waals surface area contributed by atoms with Gasteiger partial charge in [0.25, 0.3) is 11.4 Å². The Hall–Kier alpha value is -3.00. The predicted octanol–water partition coefficient (Wildman–Crippen LogP) is 1.75. The third-order valence-corrected chi connectivity index (χ3v) is 5.21. The van der Waals surface area contributed by atoms with Crippen LogP contribution in [-0.2, 0) is 18.9 Å². The molecule has 0 saturated carbocycles. The van der Waals surface area contributed by atoms with Crippen LogP contribution in [0.1, 0.15) is 23.7 Å². The van der Waals surface area contributed by atoms with Crippen LogP contribution < -0.4 is 0 Å². The number of aliphatic hydroxyl groups excluding tert-OH is 2. The second-order valence-electron chi connectivity index (χ2n) is 7.37. The molecule has 2 aliphatic rings. The first-order chi connectivity index (χ1) is 15.3. The Morgan fingerprint density at radius 3 is 1.91 bits per heavy atom. The first kappa shape index (κ1) is 22.2. The van der Waals surface area contributed by atoms with Crippen molar-refractivity contribution in [2.45, 2.75) is 37.0 Å². The third kappa shape index (κ3) is 4.60. The lowest BCUT2D eigenvalue weighted by atomic mass is 10.0. The van der Waals surface area contributed by atoms with Crippen molar-refractivity contribution < 1.29 is 39.0 Å². The van der Waals surface area contributed by atoms with Gasteiger partial charge < -0.3 is 29.2 Å². The molecule has 2 N–H and O–H groups in total. The zero-order valence-corrected chi connectivity index (χ0v) is 16.6. The summed E-state index contributed by atoms with van der Waals surface area (Å²) >= 11 is 0. The highest BCUT2D eigenvalue weighted by molar-refractivity contribution is 5.36. The van der Waals surface area contributed by atoms with Crippen molar-refractivity contribution in [1.29, 1.82) is 0 Å². The van der Waals surface area contributed by atoms with E-state index in [1.807, 2.05) is 0 Å². The van der Waals surface area contributed by atoms with Gasteiger partial charge in [-0.05, 0) is 0 Å². The molecule has 0 radical (unpaired) electrons. The van der Waals surface area contributed by atoms with Crippen molar-refractivity contribution >= 4 is 11.4 Å². The van der Waals surface area contributed by atoms with Gasteiger partial charge >= 0.3 is 0 Å². The molecule has 0 spiro atoms. The molecular formula is C20H20N2O10. The van der Waals surface area contributed by atoms with E-state index in [9.17, 15) is 30.4 Å². The van der Waals surface area contributed by atoms with Gasteiger partial charge in [0.15, 0.2) is 12.6 Å². The number of nitro groups is 2.